The third-order valence-electron chi connectivity index (χ3n) is 13.1. The van der Waals surface area contributed by atoms with Crippen LogP contribution in [0.2, 0.25) is 0 Å². The Morgan fingerprint density at radius 2 is 0.619 bits per heavy atom. The first-order valence-corrected chi connectivity index (χ1v) is 28.1. The third kappa shape index (κ3) is 18.0. The number of hydrogen-bond donors (Lipinski definition) is 3. The molecule has 6 N–H and O–H groups in total. The van der Waals surface area contributed by atoms with Crippen LogP contribution < -0.4 is 31.4 Å². The van der Waals surface area contributed by atoms with E-state index in [4.69, 9.17) is 82.3 Å². The van der Waals surface area contributed by atoms with E-state index in [1.165, 1.54) is 55.4 Å². The fourth-order valence-corrected chi connectivity index (χ4v) is 9.33. The van der Waals surface area contributed by atoms with E-state index in [0.717, 1.165) is 14.7 Å². The molecule has 0 fully saturated rings. The van der Waals surface area contributed by atoms with Crippen molar-refractivity contribution in [1.29, 1.82) is 0 Å². The molecule has 4 rings (SSSR count). The van der Waals surface area contributed by atoms with Gasteiger partial charge in [0.05, 0.1) is 0 Å². The SMILES string of the molecule is CN(C(=O)OC(C)(C)C)[C@](Cc1ccc(OCC=CC=S)cc1)(C(N)=O)c1cc([C@@](Cc2ccc(OCC=CC=S)cc2)(C(N)=O)N(C)C(=O)OC(C)(C)C)cc([C@@](Cc2ccc(OCC=CC=S)cc2)(C(N)=O)N(C)C(=O)OC(C)(C)C)c1. The smallest absolute Gasteiger partial charge is 0.411 e. The second-order valence-corrected chi connectivity index (χ2v) is 23.5. The van der Waals surface area contributed by atoms with E-state index in [2.05, 4.69) is 0 Å². The molecule has 0 bridgehead atoms. The number of allylic oxidation sites excluding steroid dienone is 3. The number of rotatable bonds is 27. The lowest BCUT2D eigenvalue weighted by molar-refractivity contribution is -0.130. The Morgan fingerprint density at radius 1 is 0.405 bits per heavy atom. The number of nitrogens with two attached hydrogens (primary N) is 3. The van der Waals surface area contributed by atoms with Crippen LogP contribution in [-0.4, -0.2) is 125 Å². The van der Waals surface area contributed by atoms with Crippen LogP contribution >= 0.6 is 36.7 Å². The quantitative estimate of drug-likeness (QED) is 0.0286. The number of likely N-dealkylation sites (N-methyl/N-ethyl adjacent to an activating group) is 3. The Morgan fingerprint density at radius 3 is 0.798 bits per heavy atom. The van der Waals surface area contributed by atoms with Gasteiger partial charge in [-0.2, -0.15) is 0 Å². The predicted octanol–water partition coefficient (Wildman–Crippen LogP) is 9.86. The van der Waals surface area contributed by atoms with Crippen LogP contribution in [0.3, 0.4) is 0 Å². The molecule has 3 atom stereocenters. The van der Waals surface area contributed by atoms with Gasteiger partial charge in [0.25, 0.3) is 0 Å². The summed E-state index contributed by atoms with van der Waals surface area (Å²) in [4.78, 5) is 93.1. The van der Waals surface area contributed by atoms with Crippen LogP contribution in [0.4, 0.5) is 14.4 Å². The number of carbonyl (C=O) groups excluding carboxylic acids is 6. The zero-order valence-corrected chi connectivity index (χ0v) is 52.2. The summed E-state index contributed by atoms with van der Waals surface area (Å²) in [5, 5.41) is 4.33. The van der Waals surface area contributed by atoms with E-state index < -0.39 is 88.7 Å². The monoisotopic (exact) mass is 1210 g/mol. The molecule has 0 saturated heterocycles. The van der Waals surface area contributed by atoms with Gasteiger partial charge in [-0.1, -0.05) is 91.3 Å². The van der Waals surface area contributed by atoms with Crippen molar-refractivity contribution in [3.8, 4) is 17.2 Å². The van der Waals surface area contributed by atoms with Gasteiger partial charge in [-0.05, 0) is 169 Å². The summed E-state index contributed by atoms with van der Waals surface area (Å²) in [7, 11) is 3.95. The van der Waals surface area contributed by atoms with E-state index >= 15 is 14.4 Å². The van der Waals surface area contributed by atoms with Gasteiger partial charge in [-0.3, -0.25) is 29.1 Å². The van der Waals surface area contributed by atoms with Crippen molar-refractivity contribution in [2.24, 2.45) is 17.2 Å². The molecule has 4 aromatic rings. The van der Waals surface area contributed by atoms with Gasteiger partial charge in [0.1, 0.15) is 53.9 Å². The molecule has 0 unspecified atom stereocenters. The van der Waals surface area contributed by atoms with Gasteiger partial charge in [0.2, 0.25) is 17.7 Å². The summed E-state index contributed by atoms with van der Waals surface area (Å²) in [5.41, 5.74) is 10.6. The van der Waals surface area contributed by atoms with E-state index in [1.54, 1.807) is 172 Å². The average molecular weight is 1210 g/mol. The molecule has 0 aliphatic heterocycles. The van der Waals surface area contributed by atoms with Crippen molar-refractivity contribution in [2.45, 2.75) is 115 Å². The molecule has 21 heteroatoms. The van der Waals surface area contributed by atoms with Crippen molar-refractivity contribution in [2.75, 3.05) is 41.0 Å². The van der Waals surface area contributed by atoms with Crippen molar-refractivity contribution < 1.29 is 57.2 Å². The molecule has 0 heterocycles. The molecule has 0 aliphatic carbocycles. The van der Waals surface area contributed by atoms with Crippen LogP contribution in [0.15, 0.2) is 127 Å². The molecule has 0 aromatic heterocycles. The highest BCUT2D eigenvalue weighted by Gasteiger charge is 2.54. The summed E-state index contributed by atoms with van der Waals surface area (Å²) in [5.74, 6) is -2.02. The topological polar surface area (TPSA) is 246 Å². The predicted molar refractivity (Wildman–Crippen MR) is 336 cm³/mol. The minimum absolute atomic E-state index is 0.144. The fraction of sp³-hybridized carbons (Fsp3) is 0.381. The highest BCUT2D eigenvalue weighted by Crippen LogP contribution is 2.44. The Bertz CT molecular complexity index is 2750. The highest BCUT2D eigenvalue weighted by molar-refractivity contribution is 7.79. The summed E-state index contributed by atoms with van der Waals surface area (Å²) in [6, 6.07) is 24.2. The van der Waals surface area contributed by atoms with Crippen molar-refractivity contribution in [3.63, 3.8) is 0 Å². The number of primary amides is 3. The van der Waals surface area contributed by atoms with E-state index in [1.807, 2.05) is 0 Å². The van der Waals surface area contributed by atoms with Gasteiger partial charge in [-0.15, -0.1) is 0 Å². The largest absolute Gasteiger partial charge is 0.490 e. The maximum absolute atomic E-state index is 15.2. The molecule has 6 amide bonds. The fourth-order valence-electron chi connectivity index (χ4n) is 8.99. The summed E-state index contributed by atoms with van der Waals surface area (Å²) >= 11 is 14.7. The van der Waals surface area contributed by atoms with Gasteiger partial charge < -0.3 is 45.6 Å². The van der Waals surface area contributed by atoms with Crippen LogP contribution in [-0.2, 0) is 64.5 Å². The Labute approximate surface area is 509 Å². The lowest BCUT2D eigenvalue weighted by Crippen LogP contribution is -2.60. The number of benzene rings is 4. The van der Waals surface area contributed by atoms with E-state index in [9.17, 15) is 14.4 Å². The van der Waals surface area contributed by atoms with Crippen LogP contribution in [0.5, 0.6) is 17.2 Å². The first-order valence-electron chi connectivity index (χ1n) is 26.7. The maximum atomic E-state index is 15.2. The van der Waals surface area contributed by atoms with Gasteiger partial charge in [-0.25, -0.2) is 14.4 Å². The number of ether oxygens (including phenoxy) is 6. The van der Waals surface area contributed by atoms with E-state index in [-0.39, 0.29) is 36.5 Å². The molecule has 0 aliphatic rings. The van der Waals surface area contributed by atoms with Gasteiger partial charge in [0, 0.05) is 56.5 Å². The van der Waals surface area contributed by atoms with Crippen LogP contribution in [0, 0.1) is 0 Å². The van der Waals surface area contributed by atoms with Gasteiger partial charge in [0.15, 0.2) is 16.6 Å². The Balaban J connectivity index is 2.36. The molecule has 18 nitrogen and oxygen atoms in total. The number of carbonyl (C=O) groups is 6. The second kappa shape index (κ2) is 29.5. The average Bonchev–Trinajstić information content (AvgIpc) is 0.783. The second-order valence-electron chi connectivity index (χ2n) is 22.7. The first-order chi connectivity index (χ1) is 39.3. The zero-order valence-electron chi connectivity index (χ0n) is 49.8. The molecule has 84 heavy (non-hydrogen) atoms. The summed E-state index contributed by atoms with van der Waals surface area (Å²) < 4.78 is 35.6. The minimum Gasteiger partial charge on any atom is -0.490 e. The van der Waals surface area contributed by atoms with Crippen molar-refractivity contribution in [1.82, 2.24) is 14.7 Å². The van der Waals surface area contributed by atoms with E-state index in [0.29, 0.717) is 33.9 Å². The zero-order chi connectivity index (χ0) is 62.8. The van der Waals surface area contributed by atoms with Gasteiger partial charge >= 0.3 is 18.3 Å². The van der Waals surface area contributed by atoms with Crippen LogP contribution in [0.1, 0.15) is 95.7 Å². The maximum Gasteiger partial charge on any atom is 0.411 e. The Kier molecular flexibility index (Phi) is 24.0. The number of hydrogen-bond acceptors (Lipinski definition) is 15. The number of amides is 6. The lowest BCUT2D eigenvalue weighted by atomic mass is 9.72. The molecular formula is C63H78N6O12S3. The summed E-state index contributed by atoms with van der Waals surface area (Å²) in [6.07, 6.45) is 5.88. The molecular weight excluding hydrogens is 1130 g/mol. The lowest BCUT2D eigenvalue weighted by Gasteiger charge is -2.45. The van der Waals surface area contributed by atoms with Crippen molar-refractivity contribution >= 4 is 88.8 Å². The Hall–Kier alpha value is -8.01. The molecule has 450 valence electrons. The molecule has 0 saturated carbocycles. The van der Waals surface area contributed by atoms with Crippen LogP contribution in [0.25, 0.3) is 0 Å². The third-order valence-corrected chi connectivity index (χ3v) is 13.6. The van der Waals surface area contributed by atoms with Crippen molar-refractivity contribution in [3.05, 3.63) is 161 Å². The summed E-state index contributed by atoms with van der Waals surface area (Å²) in [6.45, 7) is 15.3. The number of nitrogens with zero attached hydrogens (tertiary/aromatic N) is 3. The molecule has 4 aromatic carbocycles. The first kappa shape index (κ1) is 68.5. The standard InChI is InChI=1S/C63H78N6O12S3/c1-58(2,3)79-55(73)67(10)61(52(64)70,40-43-19-25-49(26-20-43)76-31-13-16-34-82)46-37-47(62(53(65)71,68(11)56(74)80-59(4,5)6)41-44-21-27-50(28-22-44)77-32-14-17-35-83)39-48(38-46)63(54(66)72,69(12)57(75)81-60(7,8)9)42-45-23-29-51(30-24-45)78-33-15-18-36-84/h13-30,34-39H,31-33,40-42H2,1-12H3,(H2,64,70)(H2,65,71)(H2,66,72)/t61-,62-,63-/m0/s1. The molecule has 0 radical (unpaired) electrons. The molecule has 0 spiro atoms. The normalized spacial score (nSPS) is 14.0. The minimum atomic E-state index is -2.36. The number of thiocarbonyl (C=S) groups is 3. The highest BCUT2D eigenvalue weighted by atomic mass is 32.1.